The number of aliphatic hydroxyl groups excluding tert-OH is 2. The highest BCUT2D eigenvalue weighted by molar-refractivity contribution is 5.65. The number of aromatic nitrogens is 2. The van der Waals surface area contributed by atoms with Crippen LogP contribution in [0, 0.1) is 0 Å². The Kier molecular flexibility index (Phi) is 2.51. The Balaban J connectivity index is 1.98. The van der Waals surface area contributed by atoms with Crippen LogP contribution < -0.4 is 11.4 Å². The second-order valence-electron chi connectivity index (χ2n) is 4.64. The van der Waals surface area contributed by atoms with Gasteiger partial charge in [0, 0.05) is 6.20 Å². The van der Waals surface area contributed by atoms with Crippen LogP contribution in [0.4, 0.5) is 5.82 Å². The molecule has 1 aromatic rings. The number of hydrogen-bond acceptors (Lipinski definition) is 7. The van der Waals surface area contributed by atoms with Crippen molar-refractivity contribution < 1.29 is 20.1 Å². The Morgan fingerprint density at radius 2 is 2.32 bits per heavy atom. The van der Waals surface area contributed by atoms with Gasteiger partial charge in [-0.3, -0.25) is 4.57 Å². The smallest absolute Gasteiger partial charge is 0.353 e. The molecule has 2 heterocycles. The molecule has 0 aromatic carbocycles. The van der Waals surface area contributed by atoms with Crippen molar-refractivity contribution in [2.75, 3.05) is 12.3 Å². The molecule has 5 N–H and O–H groups in total. The first-order valence-electron chi connectivity index (χ1n) is 5.72. The minimum Gasteiger partial charge on any atom is -0.394 e. The molecule has 19 heavy (non-hydrogen) atoms. The molecule has 8 heteroatoms. The van der Waals surface area contributed by atoms with Crippen LogP contribution in [0.3, 0.4) is 0 Å². The van der Waals surface area contributed by atoms with Crippen molar-refractivity contribution in [1.29, 1.82) is 0 Å². The van der Waals surface area contributed by atoms with Crippen LogP contribution in [0.1, 0.15) is 0 Å². The maximum atomic E-state index is 11.7. The van der Waals surface area contributed by atoms with E-state index in [1.54, 1.807) is 0 Å². The van der Waals surface area contributed by atoms with Crippen LogP contribution in [0.25, 0.3) is 5.70 Å². The number of nitrogen functional groups attached to an aromatic ring is 1. The number of aliphatic hydroxyl groups is 3. The lowest BCUT2D eigenvalue weighted by atomic mass is 9.79. The summed E-state index contributed by atoms with van der Waals surface area (Å²) in [7, 11) is 0. The number of nitrogens with zero attached hydrogens (tertiary/aromatic N) is 2. The molecule has 4 atom stereocenters. The average Bonchev–Trinajstić information content (AvgIpc) is 2.54. The zero-order chi connectivity index (χ0) is 13.8. The van der Waals surface area contributed by atoms with Gasteiger partial charge in [0.05, 0.1) is 12.3 Å². The Morgan fingerprint density at radius 1 is 1.58 bits per heavy atom. The molecule has 2 unspecified atom stereocenters. The lowest BCUT2D eigenvalue weighted by molar-refractivity contribution is -0.0390. The summed E-state index contributed by atoms with van der Waals surface area (Å²) in [4.78, 5) is 15.2. The molecule has 1 saturated heterocycles. The van der Waals surface area contributed by atoms with Crippen molar-refractivity contribution in [1.82, 2.24) is 9.55 Å². The Morgan fingerprint density at radius 3 is 2.95 bits per heavy atom. The second-order valence-corrected chi connectivity index (χ2v) is 4.64. The largest absolute Gasteiger partial charge is 0.394 e. The summed E-state index contributed by atoms with van der Waals surface area (Å²) in [5.74, 6) is 0.0945. The van der Waals surface area contributed by atoms with Gasteiger partial charge in [-0.1, -0.05) is 0 Å². The van der Waals surface area contributed by atoms with Crippen molar-refractivity contribution >= 4 is 11.5 Å². The summed E-state index contributed by atoms with van der Waals surface area (Å²) in [6.45, 7) is -0.421. The Labute approximate surface area is 107 Å². The van der Waals surface area contributed by atoms with Gasteiger partial charge in [-0.15, -0.1) is 0 Å². The number of nitrogens with two attached hydrogens (primary N) is 1. The molecule has 0 bridgehead atoms. The van der Waals surface area contributed by atoms with Crippen molar-refractivity contribution in [2.45, 2.75) is 23.9 Å². The van der Waals surface area contributed by atoms with E-state index in [1.807, 2.05) is 0 Å². The van der Waals surface area contributed by atoms with E-state index in [-0.39, 0.29) is 5.82 Å². The lowest BCUT2D eigenvalue weighted by Crippen LogP contribution is -2.55. The first kappa shape index (κ1) is 12.3. The van der Waals surface area contributed by atoms with Crippen LogP contribution in [-0.4, -0.2) is 55.4 Å². The fourth-order valence-corrected chi connectivity index (χ4v) is 2.45. The minimum absolute atomic E-state index is 0.0945. The zero-order valence-electron chi connectivity index (χ0n) is 9.80. The Bertz CT molecular complexity index is 613. The lowest BCUT2D eigenvalue weighted by Gasteiger charge is -2.38. The number of anilines is 1. The van der Waals surface area contributed by atoms with Gasteiger partial charge in [0.25, 0.3) is 0 Å². The predicted molar refractivity (Wildman–Crippen MR) is 63.9 cm³/mol. The maximum absolute atomic E-state index is 11.7. The third-order valence-electron chi connectivity index (χ3n) is 3.49. The molecule has 3 rings (SSSR count). The summed E-state index contributed by atoms with van der Waals surface area (Å²) in [5, 5.41) is 29.0. The van der Waals surface area contributed by atoms with E-state index in [4.69, 9.17) is 15.6 Å². The maximum Gasteiger partial charge on any atom is 0.353 e. The SMILES string of the molecule is Nc1ccn(C2=CC3(O)C(O)[C@@H](CO)O[C@@H]23)c(=O)n1. The monoisotopic (exact) mass is 267 g/mol. The molecular formula is C11H13N3O5. The van der Waals surface area contributed by atoms with Gasteiger partial charge in [0.2, 0.25) is 0 Å². The molecule has 1 aromatic heterocycles. The highest BCUT2D eigenvalue weighted by Gasteiger charge is 2.61. The van der Waals surface area contributed by atoms with Crippen molar-refractivity contribution in [2.24, 2.45) is 0 Å². The van der Waals surface area contributed by atoms with Gasteiger partial charge in [-0.2, -0.15) is 4.98 Å². The van der Waals surface area contributed by atoms with Crippen LogP contribution in [0.5, 0.6) is 0 Å². The van der Waals surface area contributed by atoms with E-state index < -0.39 is 36.2 Å². The number of ether oxygens (including phenoxy) is 1. The third-order valence-corrected chi connectivity index (χ3v) is 3.49. The van der Waals surface area contributed by atoms with E-state index in [0.29, 0.717) is 5.70 Å². The molecule has 102 valence electrons. The van der Waals surface area contributed by atoms with Gasteiger partial charge in [-0.05, 0) is 12.1 Å². The fraction of sp³-hybridized carbons (Fsp3) is 0.455. The van der Waals surface area contributed by atoms with Crippen molar-refractivity contribution in [3.63, 3.8) is 0 Å². The summed E-state index contributed by atoms with van der Waals surface area (Å²) in [6.07, 6.45) is -0.248. The molecule has 0 saturated carbocycles. The van der Waals surface area contributed by atoms with Crippen LogP contribution in [0.15, 0.2) is 23.1 Å². The zero-order valence-corrected chi connectivity index (χ0v) is 9.80. The van der Waals surface area contributed by atoms with E-state index >= 15 is 0 Å². The molecular weight excluding hydrogens is 254 g/mol. The topological polar surface area (TPSA) is 131 Å². The highest BCUT2D eigenvalue weighted by atomic mass is 16.6. The van der Waals surface area contributed by atoms with Crippen LogP contribution >= 0.6 is 0 Å². The summed E-state index contributed by atoms with van der Waals surface area (Å²) >= 11 is 0. The van der Waals surface area contributed by atoms with Gasteiger partial charge in [0.1, 0.15) is 29.7 Å². The summed E-state index contributed by atoms with van der Waals surface area (Å²) in [5.41, 5.74) is 3.58. The van der Waals surface area contributed by atoms with E-state index in [0.717, 1.165) is 0 Å². The first-order valence-corrected chi connectivity index (χ1v) is 5.72. The number of hydrogen-bond donors (Lipinski definition) is 4. The van der Waals surface area contributed by atoms with Crippen LogP contribution in [-0.2, 0) is 4.74 Å². The average molecular weight is 267 g/mol. The standard InChI is InChI=1S/C11H13N3O5/c12-7-1-2-14(10(17)13-7)5-3-11(18)8(16)6(4-15)19-9(5)11/h1-3,6,8-9,15-16,18H,4H2,(H2,12,13,17)/t6-,8?,9+,11?/m1/s1. The Hall–Kier alpha value is -1.74. The molecule has 0 spiro atoms. The van der Waals surface area contributed by atoms with Crippen LogP contribution in [0.2, 0.25) is 0 Å². The highest BCUT2D eigenvalue weighted by Crippen LogP contribution is 2.45. The number of rotatable bonds is 2. The van der Waals surface area contributed by atoms with Crippen molar-refractivity contribution in [3.05, 3.63) is 28.8 Å². The number of fused-ring (bicyclic) bond motifs is 1. The summed E-state index contributed by atoms with van der Waals surface area (Å²) < 4.78 is 6.52. The summed E-state index contributed by atoms with van der Waals surface area (Å²) in [6, 6.07) is 1.44. The minimum atomic E-state index is -1.58. The quantitative estimate of drug-likeness (QED) is 0.467. The van der Waals surface area contributed by atoms with Gasteiger partial charge in [-0.25, -0.2) is 4.79 Å². The molecule has 0 amide bonds. The van der Waals surface area contributed by atoms with Gasteiger partial charge >= 0.3 is 5.69 Å². The predicted octanol–water partition coefficient (Wildman–Crippen LogP) is -2.47. The van der Waals surface area contributed by atoms with E-state index in [9.17, 15) is 15.0 Å². The molecule has 8 nitrogen and oxygen atoms in total. The van der Waals surface area contributed by atoms with E-state index in [2.05, 4.69) is 4.98 Å². The van der Waals surface area contributed by atoms with Gasteiger partial charge < -0.3 is 25.8 Å². The molecule has 0 radical (unpaired) electrons. The second kappa shape index (κ2) is 3.87. The third kappa shape index (κ3) is 1.55. The first-order chi connectivity index (χ1) is 8.97. The van der Waals surface area contributed by atoms with Crippen molar-refractivity contribution in [3.8, 4) is 0 Å². The van der Waals surface area contributed by atoms with E-state index in [1.165, 1.54) is 22.9 Å². The van der Waals surface area contributed by atoms with Gasteiger partial charge in [0.15, 0.2) is 0 Å². The molecule has 1 aliphatic heterocycles. The normalized spacial score (nSPS) is 36.6. The molecule has 1 aliphatic carbocycles. The molecule has 1 fully saturated rings. The molecule has 2 aliphatic rings. The fourth-order valence-electron chi connectivity index (χ4n) is 2.45.